The Balaban J connectivity index is 1.72. The van der Waals surface area contributed by atoms with E-state index in [2.05, 4.69) is 10.6 Å². The van der Waals surface area contributed by atoms with Crippen molar-refractivity contribution in [3.63, 3.8) is 0 Å². The zero-order chi connectivity index (χ0) is 20.6. The van der Waals surface area contributed by atoms with Gasteiger partial charge in [0.1, 0.15) is 5.75 Å². The number of hydrogen-bond acceptors (Lipinski definition) is 5. The van der Waals surface area contributed by atoms with Crippen molar-refractivity contribution in [3.8, 4) is 5.75 Å². The van der Waals surface area contributed by atoms with Gasteiger partial charge < -0.3 is 15.4 Å². The van der Waals surface area contributed by atoms with Crippen LogP contribution in [-0.2, 0) is 4.79 Å². The van der Waals surface area contributed by atoms with Gasteiger partial charge in [0.25, 0.3) is 5.69 Å². The minimum atomic E-state index is -0.472. The second kappa shape index (κ2) is 9.36. The number of nitro groups is 1. The van der Waals surface area contributed by atoms with Crippen molar-refractivity contribution >= 4 is 17.3 Å². The molecule has 0 spiro atoms. The average Bonchev–Trinajstić information content (AvgIpc) is 2.77. The standard InChI is InChI=1S/C22H21N3O4/c1-29-20-12-10-17(11-13-20)22(16-6-3-2-4-7-16)24-21(26)15-23-18-8-5-9-19(14-18)25(27)28/h2-14,22-23H,15H2,1H3,(H,24,26)/t22-/m1/s1. The van der Waals surface area contributed by atoms with Gasteiger partial charge in [-0.05, 0) is 29.3 Å². The van der Waals surface area contributed by atoms with Gasteiger partial charge in [-0.1, -0.05) is 48.5 Å². The van der Waals surface area contributed by atoms with Crippen LogP contribution in [0.1, 0.15) is 17.2 Å². The van der Waals surface area contributed by atoms with Gasteiger partial charge in [-0.2, -0.15) is 0 Å². The van der Waals surface area contributed by atoms with Gasteiger partial charge in [0.05, 0.1) is 24.6 Å². The molecule has 0 unspecified atom stereocenters. The molecule has 29 heavy (non-hydrogen) atoms. The summed E-state index contributed by atoms with van der Waals surface area (Å²) < 4.78 is 5.20. The van der Waals surface area contributed by atoms with Gasteiger partial charge >= 0.3 is 0 Å². The first-order chi connectivity index (χ1) is 14.1. The highest BCUT2D eigenvalue weighted by Crippen LogP contribution is 2.24. The first kappa shape index (κ1) is 19.9. The van der Waals surface area contributed by atoms with Gasteiger partial charge in [0.15, 0.2) is 0 Å². The topological polar surface area (TPSA) is 93.5 Å². The monoisotopic (exact) mass is 391 g/mol. The summed E-state index contributed by atoms with van der Waals surface area (Å²) in [7, 11) is 1.60. The molecule has 3 aromatic carbocycles. The number of carbonyl (C=O) groups excluding carboxylic acids is 1. The number of methoxy groups -OCH3 is 1. The number of rotatable bonds is 8. The lowest BCUT2D eigenvalue weighted by Crippen LogP contribution is -2.33. The van der Waals surface area contributed by atoms with Gasteiger partial charge in [-0.25, -0.2) is 0 Å². The molecule has 0 aliphatic rings. The summed E-state index contributed by atoms with van der Waals surface area (Å²) >= 11 is 0. The molecule has 7 heteroatoms. The van der Waals surface area contributed by atoms with Crippen LogP contribution in [0.15, 0.2) is 78.9 Å². The van der Waals surface area contributed by atoms with Crippen LogP contribution in [0.2, 0.25) is 0 Å². The fourth-order valence-corrected chi connectivity index (χ4v) is 2.92. The van der Waals surface area contributed by atoms with Crippen LogP contribution in [0.5, 0.6) is 5.75 Å². The summed E-state index contributed by atoms with van der Waals surface area (Å²) in [4.78, 5) is 23.0. The Labute approximate surface area is 168 Å². The summed E-state index contributed by atoms with van der Waals surface area (Å²) in [6.07, 6.45) is 0. The van der Waals surface area contributed by atoms with E-state index in [4.69, 9.17) is 4.74 Å². The molecule has 0 radical (unpaired) electrons. The molecule has 0 heterocycles. The van der Waals surface area contributed by atoms with Gasteiger partial charge in [0.2, 0.25) is 5.91 Å². The summed E-state index contributed by atoms with van der Waals surface area (Å²) in [6.45, 7) is -0.0132. The van der Waals surface area contributed by atoms with E-state index in [1.54, 1.807) is 19.2 Å². The number of nitro benzene ring substituents is 1. The minimum Gasteiger partial charge on any atom is -0.497 e. The predicted octanol–water partition coefficient (Wildman–Crippen LogP) is 3.92. The Morgan fingerprint density at radius 3 is 2.34 bits per heavy atom. The molecule has 2 N–H and O–H groups in total. The Kier molecular flexibility index (Phi) is 6.42. The third-order valence-electron chi connectivity index (χ3n) is 4.40. The molecule has 0 saturated heterocycles. The van der Waals surface area contributed by atoms with E-state index in [0.29, 0.717) is 5.69 Å². The van der Waals surface area contributed by atoms with E-state index in [-0.39, 0.29) is 24.2 Å². The van der Waals surface area contributed by atoms with Gasteiger partial charge in [-0.3, -0.25) is 14.9 Å². The maximum absolute atomic E-state index is 12.6. The van der Waals surface area contributed by atoms with Crippen molar-refractivity contribution in [1.82, 2.24) is 5.32 Å². The lowest BCUT2D eigenvalue weighted by Gasteiger charge is -2.20. The van der Waals surface area contributed by atoms with E-state index in [0.717, 1.165) is 16.9 Å². The molecule has 0 aliphatic heterocycles. The largest absolute Gasteiger partial charge is 0.497 e. The number of carbonyl (C=O) groups is 1. The molecule has 0 fully saturated rings. The van der Waals surface area contributed by atoms with E-state index in [1.807, 2.05) is 54.6 Å². The molecule has 0 bridgehead atoms. The Morgan fingerprint density at radius 1 is 1.00 bits per heavy atom. The molecule has 0 aromatic heterocycles. The minimum absolute atomic E-state index is 0.0132. The molecule has 148 valence electrons. The molecule has 1 amide bonds. The maximum atomic E-state index is 12.6. The fraction of sp³-hybridized carbons (Fsp3) is 0.136. The number of nitrogens with zero attached hydrogens (tertiary/aromatic N) is 1. The number of hydrogen-bond donors (Lipinski definition) is 2. The van der Waals surface area contributed by atoms with Crippen LogP contribution in [0.25, 0.3) is 0 Å². The smallest absolute Gasteiger partial charge is 0.271 e. The summed E-state index contributed by atoms with van der Waals surface area (Å²) in [5.41, 5.74) is 2.34. The zero-order valence-electron chi connectivity index (χ0n) is 15.9. The number of non-ortho nitro benzene ring substituents is 1. The van der Waals surface area contributed by atoms with Crippen molar-refractivity contribution < 1.29 is 14.5 Å². The summed E-state index contributed by atoms with van der Waals surface area (Å²) in [5, 5.41) is 16.8. The highest BCUT2D eigenvalue weighted by atomic mass is 16.6. The highest BCUT2D eigenvalue weighted by molar-refractivity contribution is 5.81. The maximum Gasteiger partial charge on any atom is 0.271 e. The van der Waals surface area contributed by atoms with E-state index in [1.165, 1.54) is 12.1 Å². The summed E-state index contributed by atoms with van der Waals surface area (Å²) in [5.74, 6) is 0.500. The van der Waals surface area contributed by atoms with Crippen LogP contribution in [0, 0.1) is 10.1 Å². The van der Waals surface area contributed by atoms with Crippen LogP contribution < -0.4 is 15.4 Å². The third kappa shape index (κ3) is 5.32. The molecule has 3 rings (SSSR count). The first-order valence-electron chi connectivity index (χ1n) is 9.03. The number of ether oxygens (including phenoxy) is 1. The number of nitrogens with one attached hydrogen (secondary N) is 2. The normalized spacial score (nSPS) is 11.3. The van der Waals surface area contributed by atoms with Crippen molar-refractivity contribution in [2.45, 2.75) is 6.04 Å². The molecular weight excluding hydrogens is 370 g/mol. The zero-order valence-corrected chi connectivity index (χ0v) is 15.9. The SMILES string of the molecule is COc1ccc([C@H](NC(=O)CNc2cccc([N+](=O)[O-])c2)c2ccccc2)cc1. The molecule has 0 saturated carbocycles. The molecular formula is C22H21N3O4. The van der Waals surface area contributed by atoms with Gasteiger partial charge in [0, 0.05) is 17.8 Å². The van der Waals surface area contributed by atoms with E-state index >= 15 is 0 Å². The van der Waals surface area contributed by atoms with E-state index in [9.17, 15) is 14.9 Å². The van der Waals surface area contributed by atoms with Crippen LogP contribution in [-0.4, -0.2) is 24.5 Å². The lowest BCUT2D eigenvalue weighted by atomic mass is 9.98. The molecule has 1 atom stereocenters. The Bertz CT molecular complexity index is 975. The van der Waals surface area contributed by atoms with Gasteiger partial charge in [-0.15, -0.1) is 0 Å². The highest BCUT2D eigenvalue weighted by Gasteiger charge is 2.17. The summed E-state index contributed by atoms with van der Waals surface area (Å²) in [6, 6.07) is 22.9. The van der Waals surface area contributed by atoms with Crippen molar-refractivity contribution in [3.05, 3.63) is 100 Å². The number of anilines is 1. The van der Waals surface area contributed by atoms with Crippen molar-refractivity contribution in [2.24, 2.45) is 0 Å². The lowest BCUT2D eigenvalue weighted by molar-refractivity contribution is -0.384. The second-order valence-corrected chi connectivity index (χ2v) is 6.35. The van der Waals surface area contributed by atoms with Crippen LogP contribution >= 0.6 is 0 Å². The Hall–Kier alpha value is -3.87. The fourth-order valence-electron chi connectivity index (χ4n) is 2.92. The number of benzene rings is 3. The average molecular weight is 391 g/mol. The molecule has 3 aromatic rings. The molecule has 7 nitrogen and oxygen atoms in total. The van der Waals surface area contributed by atoms with Crippen molar-refractivity contribution in [1.29, 1.82) is 0 Å². The predicted molar refractivity (Wildman–Crippen MR) is 111 cm³/mol. The van der Waals surface area contributed by atoms with Crippen LogP contribution in [0.4, 0.5) is 11.4 Å². The Morgan fingerprint density at radius 2 is 1.69 bits per heavy atom. The quantitative estimate of drug-likeness (QED) is 0.448. The first-order valence-corrected chi connectivity index (χ1v) is 9.03. The van der Waals surface area contributed by atoms with Crippen molar-refractivity contribution in [2.75, 3.05) is 19.0 Å². The second-order valence-electron chi connectivity index (χ2n) is 6.35. The molecule has 0 aliphatic carbocycles. The van der Waals surface area contributed by atoms with Crippen LogP contribution in [0.3, 0.4) is 0 Å². The number of amides is 1. The van der Waals surface area contributed by atoms with E-state index < -0.39 is 4.92 Å². The third-order valence-corrected chi connectivity index (χ3v) is 4.40.